The molecule has 0 fully saturated rings. The molecule has 0 atom stereocenters. The van der Waals surface area contributed by atoms with Crippen LogP contribution in [0.15, 0.2) is 22.4 Å². The molecule has 8 heteroatoms. The summed E-state index contributed by atoms with van der Waals surface area (Å²) in [6, 6.07) is 5.27. The van der Waals surface area contributed by atoms with E-state index in [1.165, 1.54) is 10.9 Å². The smallest absolute Gasteiger partial charge is 0.346 e. The standard InChI is InChI=1S/C13H15NO4S3/c1-3-9-4-5-10(19-9)7-14-21(17,18)11-6-8(2)12(20-11)13(15)16/h4-6,14H,3,7H2,1-2H3,(H,15,16). The summed E-state index contributed by atoms with van der Waals surface area (Å²) in [5.41, 5.74) is 0.456. The Hall–Kier alpha value is -1.22. The molecule has 0 aliphatic carbocycles. The van der Waals surface area contributed by atoms with E-state index in [2.05, 4.69) is 4.72 Å². The number of sulfonamides is 1. The first kappa shape index (κ1) is 16.2. The Labute approximate surface area is 131 Å². The molecule has 114 valence electrons. The molecule has 2 N–H and O–H groups in total. The van der Waals surface area contributed by atoms with Crippen LogP contribution < -0.4 is 4.72 Å². The highest BCUT2D eigenvalue weighted by molar-refractivity contribution is 7.91. The minimum absolute atomic E-state index is 0.0321. The number of thiophene rings is 2. The van der Waals surface area contributed by atoms with Crippen LogP contribution >= 0.6 is 22.7 Å². The number of carboxylic acid groups (broad SMARTS) is 1. The van der Waals surface area contributed by atoms with Crippen LogP contribution in [-0.4, -0.2) is 19.5 Å². The van der Waals surface area contributed by atoms with Gasteiger partial charge >= 0.3 is 5.97 Å². The topological polar surface area (TPSA) is 83.5 Å². The van der Waals surface area contributed by atoms with E-state index < -0.39 is 16.0 Å². The van der Waals surface area contributed by atoms with Crippen molar-refractivity contribution in [2.45, 2.75) is 31.0 Å². The van der Waals surface area contributed by atoms with Crippen LogP contribution in [0.25, 0.3) is 0 Å². The van der Waals surface area contributed by atoms with Crippen molar-refractivity contribution in [3.63, 3.8) is 0 Å². The average molecular weight is 345 g/mol. The van der Waals surface area contributed by atoms with E-state index in [0.717, 1.165) is 22.6 Å². The molecule has 0 unspecified atom stereocenters. The van der Waals surface area contributed by atoms with Crippen molar-refractivity contribution in [3.8, 4) is 0 Å². The van der Waals surface area contributed by atoms with Gasteiger partial charge in [-0.15, -0.1) is 22.7 Å². The van der Waals surface area contributed by atoms with Gasteiger partial charge in [0.05, 0.1) is 0 Å². The van der Waals surface area contributed by atoms with Gasteiger partial charge in [0.25, 0.3) is 0 Å². The van der Waals surface area contributed by atoms with E-state index in [1.807, 2.05) is 19.1 Å². The van der Waals surface area contributed by atoms with Gasteiger partial charge in [-0.1, -0.05) is 6.92 Å². The molecule has 0 amide bonds. The van der Waals surface area contributed by atoms with Crippen molar-refractivity contribution >= 4 is 38.7 Å². The van der Waals surface area contributed by atoms with Crippen LogP contribution in [0.2, 0.25) is 0 Å². The summed E-state index contributed by atoms with van der Waals surface area (Å²) >= 11 is 2.34. The molecular formula is C13H15NO4S3. The fraction of sp³-hybridized carbons (Fsp3) is 0.308. The molecular weight excluding hydrogens is 330 g/mol. The van der Waals surface area contributed by atoms with Gasteiger partial charge in [0.15, 0.2) is 0 Å². The van der Waals surface area contributed by atoms with Crippen molar-refractivity contribution < 1.29 is 18.3 Å². The second-order valence-electron chi connectivity index (χ2n) is 4.43. The number of aryl methyl sites for hydroxylation is 2. The summed E-state index contributed by atoms with van der Waals surface area (Å²) < 4.78 is 26.9. The highest BCUT2D eigenvalue weighted by atomic mass is 32.2. The van der Waals surface area contributed by atoms with Crippen molar-refractivity contribution in [2.75, 3.05) is 0 Å². The first-order chi connectivity index (χ1) is 9.83. The first-order valence-corrected chi connectivity index (χ1v) is 9.36. The maximum Gasteiger partial charge on any atom is 0.346 e. The predicted molar refractivity (Wildman–Crippen MR) is 83.7 cm³/mol. The Kier molecular flexibility index (Phi) is 4.82. The largest absolute Gasteiger partial charge is 0.477 e. The summed E-state index contributed by atoms with van der Waals surface area (Å²) in [5.74, 6) is -1.11. The predicted octanol–water partition coefficient (Wildman–Crippen LogP) is 2.86. The number of hydrogen-bond acceptors (Lipinski definition) is 5. The van der Waals surface area contributed by atoms with Crippen LogP contribution in [0.5, 0.6) is 0 Å². The van der Waals surface area contributed by atoms with Crippen LogP contribution in [0, 0.1) is 6.92 Å². The molecule has 0 aromatic carbocycles. The maximum absolute atomic E-state index is 12.2. The molecule has 0 aliphatic rings. The average Bonchev–Trinajstić information content (AvgIpc) is 3.02. The zero-order valence-corrected chi connectivity index (χ0v) is 14.0. The summed E-state index contributed by atoms with van der Waals surface area (Å²) in [5, 5.41) is 8.98. The molecule has 0 spiro atoms. The Bertz CT molecular complexity index is 758. The highest BCUT2D eigenvalue weighted by Crippen LogP contribution is 2.26. The number of hydrogen-bond donors (Lipinski definition) is 2. The van der Waals surface area contributed by atoms with Crippen LogP contribution in [0.3, 0.4) is 0 Å². The van der Waals surface area contributed by atoms with Gasteiger partial charge in [0.2, 0.25) is 10.0 Å². The number of carboxylic acids is 1. The zero-order valence-electron chi connectivity index (χ0n) is 11.5. The van der Waals surface area contributed by atoms with Gasteiger partial charge < -0.3 is 5.11 Å². The Morgan fingerprint density at radius 3 is 2.48 bits per heavy atom. The monoisotopic (exact) mass is 345 g/mol. The first-order valence-electron chi connectivity index (χ1n) is 6.24. The fourth-order valence-corrected chi connectivity index (χ4v) is 5.16. The van der Waals surface area contributed by atoms with Gasteiger partial charge in [-0.3, -0.25) is 0 Å². The third-order valence-corrected chi connectivity index (χ3v) is 7.19. The van der Waals surface area contributed by atoms with Crippen molar-refractivity contribution in [1.82, 2.24) is 4.72 Å². The molecule has 21 heavy (non-hydrogen) atoms. The van der Waals surface area contributed by atoms with Crippen LogP contribution in [0.4, 0.5) is 0 Å². The third kappa shape index (κ3) is 3.70. The Morgan fingerprint density at radius 2 is 1.95 bits per heavy atom. The Balaban J connectivity index is 2.14. The van der Waals surface area contributed by atoms with E-state index in [4.69, 9.17) is 5.11 Å². The summed E-state index contributed by atoms with van der Waals surface area (Å²) in [7, 11) is -3.68. The number of nitrogens with one attached hydrogen (secondary N) is 1. The lowest BCUT2D eigenvalue weighted by Gasteiger charge is -2.02. The van der Waals surface area contributed by atoms with E-state index >= 15 is 0 Å². The van der Waals surface area contributed by atoms with Crippen molar-refractivity contribution in [2.24, 2.45) is 0 Å². The van der Waals surface area contributed by atoms with E-state index in [9.17, 15) is 13.2 Å². The molecule has 2 heterocycles. The minimum atomic E-state index is -3.68. The summed E-state index contributed by atoms with van der Waals surface area (Å²) in [6.07, 6.45) is 0.920. The molecule has 0 radical (unpaired) electrons. The zero-order chi connectivity index (χ0) is 15.6. The van der Waals surface area contributed by atoms with Gasteiger partial charge in [0.1, 0.15) is 9.09 Å². The highest BCUT2D eigenvalue weighted by Gasteiger charge is 2.21. The van der Waals surface area contributed by atoms with Gasteiger partial charge in [-0.05, 0) is 37.1 Å². The number of aromatic carboxylic acids is 1. The van der Waals surface area contributed by atoms with Crippen LogP contribution in [-0.2, 0) is 23.0 Å². The van der Waals surface area contributed by atoms with E-state index in [0.29, 0.717) is 5.56 Å². The fourth-order valence-electron chi connectivity index (χ4n) is 1.74. The number of rotatable bonds is 6. The second-order valence-corrected chi connectivity index (χ2v) is 8.73. The van der Waals surface area contributed by atoms with Gasteiger partial charge in [0, 0.05) is 16.3 Å². The molecule has 2 aromatic rings. The molecule has 0 aliphatic heterocycles. The summed E-state index contributed by atoms with van der Waals surface area (Å²) in [6.45, 7) is 3.85. The molecule has 0 saturated carbocycles. The van der Waals surface area contributed by atoms with Gasteiger partial charge in [-0.25, -0.2) is 17.9 Å². The van der Waals surface area contributed by atoms with Crippen molar-refractivity contribution in [1.29, 1.82) is 0 Å². The lowest BCUT2D eigenvalue weighted by molar-refractivity contribution is 0.0701. The third-order valence-electron chi connectivity index (χ3n) is 2.86. The molecule has 2 rings (SSSR count). The number of carbonyl (C=O) groups is 1. The van der Waals surface area contributed by atoms with Crippen molar-refractivity contribution in [3.05, 3.63) is 38.4 Å². The lowest BCUT2D eigenvalue weighted by atomic mass is 10.3. The van der Waals surface area contributed by atoms with Gasteiger partial charge in [-0.2, -0.15) is 0 Å². The molecule has 2 aromatic heterocycles. The Morgan fingerprint density at radius 1 is 1.29 bits per heavy atom. The summed E-state index contributed by atoms with van der Waals surface area (Å²) in [4.78, 5) is 13.2. The molecule has 0 bridgehead atoms. The maximum atomic E-state index is 12.2. The SMILES string of the molecule is CCc1ccc(CNS(=O)(=O)c2cc(C)c(C(=O)O)s2)s1. The lowest BCUT2D eigenvalue weighted by Crippen LogP contribution is -2.21. The van der Waals surface area contributed by atoms with E-state index in [-0.39, 0.29) is 15.6 Å². The van der Waals surface area contributed by atoms with Crippen LogP contribution in [0.1, 0.15) is 31.9 Å². The molecule has 5 nitrogen and oxygen atoms in total. The minimum Gasteiger partial charge on any atom is -0.477 e. The second kappa shape index (κ2) is 6.27. The normalized spacial score (nSPS) is 11.7. The molecule has 0 saturated heterocycles. The quantitative estimate of drug-likeness (QED) is 0.843. The van der Waals surface area contributed by atoms with E-state index in [1.54, 1.807) is 18.3 Å².